The summed E-state index contributed by atoms with van der Waals surface area (Å²) >= 11 is 0. The predicted molar refractivity (Wildman–Crippen MR) is 124 cm³/mol. The maximum absolute atomic E-state index is 13.6. The average molecular weight is 427 g/mol. The summed E-state index contributed by atoms with van der Waals surface area (Å²) in [5.74, 6) is 0.768. The van der Waals surface area contributed by atoms with Crippen molar-refractivity contribution >= 4 is 11.9 Å². The number of rotatable bonds is 3. The molecule has 0 bridgehead atoms. The van der Waals surface area contributed by atoms with Gasteiger partial charge in [-0.25, -0.2) is 4.99 Å². The molecule has 1 spiro atoms. The van der Waals surface area contributed by atoms with Gasteiger partial charge in [-0.05, 0) is 43.2 Å². The van der Waals surface area contributed by atoms with Crippen LogP contribution in [-0.4, -0.2) is 34.4 Å². The number of fused-ring (bicyclic) bond motifs is 2. The number of nitrogens with zero attached hydrogens (tertiary/aromatic N) is 3. The smallest absolute Gasteiger partial charge is 0.261 e. The van der Waals surface area contributed by atoms with Gasteiger partial charge in [0.25, 0.3) is 5.91 Å². The monoisotopic (exact) mass is 426 g/mol. The molecule has 3 heterocycles. The normalized spacial score (nSPS) is 24.3. The molecule has 2 atom stereocenters. The van der Waals surface area contributed by atoms with Crippen LogP contribution in [0.25, 0.3) is 11.1 Å². The number of carbonyl (C=O) groups is 1. The van der Waals surface area contributed by atoms with Crippen LogP contribution in [0.2, 0.25) is 0 Å². The number of pyridine rings is 1. The molecule has 1 amide bonds. The van der Waals surface area contributed by atoms with Crippen molar-refractivity contribution in [1.82, 2.24) is 9.88 Å². The molecule has 5 rings (SSSR count). The van der Waals surface area contributed by atoms with Gasteiger partial charge >= 0.3 is 0 Å². The van der Waals surface area contributed by atoms with Gasteiger partial charge in [-0.1, -0.05) is 42.0 Å². The number of likely N-dealkylation sites (N-methyl/N-ethyl adjacent to an activating group) is 1. The molecule has 2 aliphatic heterocycles. The number of aliphatic imine (C=N–C) groups is 1. The molecular weight excluding hydrogens is 400 g/mol. The first-order chi connectivity index (χ1) is 15.3. The molecule has 1 aromatic heterocycles. The number of aryl methyl sites for hydroxylation is 1. The molecule has 0 saturated heterocycles. The zero-order valence-corrected chi connectivity index (χ0v) is 18.5. The molecule has 6 nitrogen and oxygen atoms in total. The molecule has 2 aromatic carbocycles. The van der Waals surface area contributed by atoms with E-state index in [-0.39, 0.29) is 11.9 Å². The summed E-state index contributed by atoms with van der Waals surface area (Å²) in [7, 11) is 1.67. The number of aromatic nitrogens is 1. The van der Waals surface area contributed by atoms with Crippen LogP contribution in [0.5, 0.6) is 5.75 Å². The first-order valence-electron chi connectivity index (χ1n) is 10.7. The Balaban J connectivity index is 1.63. The summed E-state index contributed by atoms with van der Waals surface area (Å²) in [5, 5.41) is 0. The van der Waals surface area contributed by atoms with Crippen molar-refractivity contribution < 1.29 is 9.53 Å². The first kappa shape index (κ1) is 20.2. The third-order valence-electron chi connectivity index (χ3n) is 6.41. The summed E-state index contributed by atoms with van der Waals surface area (Å²) in [6, 6.07) is 18.2. The van der Waals surface area contributed by atoms with E-state index >= 15 is 0 Å². The number of benzene rings is 2. The fourth-order valence-electron chi connectivity index (χ4n) is 4.82. The minimum absolute atomic E-state index is 0.127. The van der Waals surface area contributed by atoms with Gasteiger partial charge in [0.1, 0.15) is 11.4 Å². The highest BCUT2D eigenvalue weighted by atomic mass is 16.5. The minimum atomic E-state index is -1.11. The molecule has 0 aliphatic carbocycles. The molecular formula is C26H26N4O2. The largest absolute Gasteiger partial charge is 0.487 e. The maximum Gasteiger partial charge on any atom is 0.261 e. The molecule has 0 fully saturated rings. The van der Waals surface area contributed by atoms with Gasteiger partial charge in [0.15, 0.2) is 11.5 Å². The van der Waals surface area contributed by atoms with Crippen molar-refractivity contribution in [3.8, 4) is 16.9 Å². The number of hydrogen-bond donors (Lipinski definition) is 1. The Morgan fingerprint density at radius 1 is 1.12 bits per heavy atom. The van der Waals surface area contributed by atoms with Crippen molar-refractivity contribution in [3.63, 3.8) is 0 Å². The SMILES string of the molecule is Cc1ccc(CC2(C)CC3(N=C(N)N(C)C3=O)c3cc(-c4cccnc4)ccc3O2)cc1. The van der Waals surface area contributed by atoms with Crippen LogP contribution in [0, 0.1) is 6.92 Å². The second-order valence-corrected chi connectivity index (χ2v) is 9.04. The second kappa shape index (κ2) is 7.19. The van der Waals surface area contributed by atoms with E-state index in [1.54, 1.807) is 19.4 Å². The quantitative estimate of drug-likeness (QED) is 0.690. The third kappa shape index (κ3) is 3.23. The van der Waals surface area contributed by atoms with Crippen molar-refractivity contribution in [1.29, 1.82) is 0 Å². The molecule has 3 aromatic rings. The Labute approximate surface area is 187 Å². The Kier molecular flexibility index (Phi) is 4.55. The Morgan fingerprint density at radius 2 is 1.91 bits per heavy atom. The van der Waals surface area contributed by atoms with Crippen LogP contribution < -0.4 is 10.5 Å². The number of ether oxygens (including phenoxy) is 1. The van der Waals surface area contributed by atoms with Crippen molar-refractivity contribution in [2.75, 3.05) is 7.05 Å². The molecule has 0 saturated carbocycles. The van der Waals surface area contributed by atoms with Gasteiger partial charge in [-0.2, -0.15) is 0 Å². The van der Waals surface area contributed by atoms with E-state index in [4.69, 9.17) is 15.5 Å². The molecule has 162 valence electrons. The van der Waals surface area contributed by atoms with E-state index in [9.17, 15) is 4.79 Å². The van der Waals surface area contributed by atoms with Gasteiger partial charge in [0.05, 0.1) is 0 Å². The Hall–Kier alpha value is -3.67. The lowest BCUT2D eigenvalue weighted by Crippen LogP contribution is -2.51. The average Bonchev–Trinajstić information content (AvgIpc) is 2.99. The fraction of sp³-hybridized carbons (Fsp3) is 0.269. The van der Waals surface area contributed by atoms with Gasteiger partial charge in [-0.3, -0.25) is 14.7 Å². The van der Waals surface area contributed by atoms with Gasteiger partial charge in [-0.15, -0.1) is 0 Å². The highest BCUT2D eigenvalue weighted by Crippen LogP contribution is 2.50. The topological polar surface area (TPSA) is 80.8 Å². The van der Waals surface area contributed by atoms with E-state index in [1.807, 2.05) is 37.3 Å². The Bertz CT molecular complexity index is 1220. The standard InChI is InChI=1S/C26H26N4O2/c1-17-6-8-18(9-7-17)14-25(2)16-26(23(31)30(3)24(27)29-26)21-13-19(10-11-22(21)32-25)20-5-4-12-28-15-20/h4-13,15H,14,16H2,1-3H3,(H2,27,29). The van der Waals surface area contributed by atoms with Gasteiger partial charge in [0.2, 0.25) is 0 Å². The zero-order chi connectivity index (χ0) is 22.5. The van der Waals surface area contributed by atoms with Crippen molar-refractivity contribution in [3.05, 3.63) is 83.7 Å². The van der Waals surface area contributed by atoms with Crippen LogP contribution in [-0.2, 0) is 16.8 Å². The number of amides is 1. The summed E-state index contributed by atoms with van der Waals surface area (Å²) in [6.45, 7) is 4.11. The van der Waals surface area contributed by atoms with Crippen LogP contribution in [0.15, 0.2) is 72.0 Å². The lowest BCUT2D eigenvalue weighted by atomic mass is 9.74. The van der Waals surface area contributed by atoms with Crippen molar-refractivity contribution in [2.24, 2.45) is 10.7 Å². The van der Waals surface area contributed by atoms with Gasteiger partial charge < -0.3 is 10.5 Å². The van der Waals surface area contributed by atoms with Crippen LogP contribution in [0.4, 0.5) is 0 Å². The predicted octanol–water partition coefficient (Wildman–Crippen LogP) is 3.82. The van der Waals surface area contributed by atoms with E-state index in [0.29, 0.717) is 18.6 Å². The lowest BCUT2D eigenvalue weighted by Gasteiger charge is -2.43. The highest BCUT2D eigenvalue weighted by Gasteiger charge is 2.56. The van der Waals surface area contributed by atoms with Crippen LogP contribution in [0.1, 0.15) is 30.0 Å². The number of carbonyl (C=O) groups excluding carboxylic acids is 1. The fourth-order valence-corrected chi connectivity index (χ4v) is 4.82. The van der Waals surface area contributed by atoms with Crippen LogP contribution >= 0.6 is 0 Å². The minimum Gasteiger partial charge on any atom is -0.487 e. The number of nitrogens with two attached hydrogens (primary N) is 1. The highest BCUT2D eigenvalue weighted by molar-refractivity contribution is 6.07. The molecule has 2 unspecified atom stereocenters. The second-order valence-electron chi connectivity index (χ2n) is 9.04. The maximum atomic E-state index is 13.6. The van der Waals surface area contributed by atoms with E-state index in [1.165, 1.54) is 10.5 Å². The number of guanidine groups is 1. The van der Waals surface area contributed by atoms with Crippen LogP contribution in [0.3, 0.4) is 0 Å². The van der Waals surface area contributed by atoms with E-state index in [0.717, 1.165) is 22.3 Å². The van der Waals surface area contributed by atoms with Gasteiger partial charge in [0, 0.05) is 43.4 Å². The third-order valence-corrected chi connectivity index (χ3v) is 6.41. The van der Waals surface area contributed by atoms with Crippen molar-refractivity contribution in [2.45, 2.75) is 37.8 Å². The summed E-state index contributed by atoms with van der Waals surface area (Å²) in [6.07, 6.45) is 4.61. The van der Waals surface area contributed by atoms with E-state index < -0.39 is 11.1 Å². The lowest BCUT2D eigenvalue weighted by molar-refractivity contribution is -0.133. The Morgan fingerprint density at radius 3 is 2.56 bits per heavy atom. The zero-order valence-electron chi connectivity index (χ0n) is 18.5. The summed E-state index contributed by atoms with van der Waals surface area (Å²) < 4.78 is 6.55. The van der Waals surface area contributed by atoms with E-state index in [2.05, 4.69) is 36.2 Å². The molecule has 6 heteroatoms. The summed E-state index contributed by atoms with van der Waals surface area (Å²) in [5.41, 5.74) is 9.44. The molecule has 0 radical (unpaired) electrons. The summed E-state index contributed by atoms with van der Waals surface area (Å²) in [4.78, 5) is 24.0. The number of hydrogen-bond acceptors (Lipinski definition) is 5. The molecule has 2 aliphatic rings. The molecule has 2 N–H and O–H groups in total. The first-order valence-corrected chi connectivity index (χ1v) is 10.7. The molecule has 32 heavy (non-hydrogen) atoms.